The Kier molecular flexibility index (Phi) is 5.22. The molecule has 1 aromatic heterocycles. The first kappa shape index (κ1) is 15.8. The normalized spacial score (nSPS) is 10.2. The molecule has 1 amide bonds. The first-order chi connectivity index (χ1) is 10.0. The average Bonchev–Trinajstić information content (AvgIpc) is 2.83. The van der Waals surface area contributed by atoms with Crippen molar-refractivity contribution in [2.24, 2.45) is 0 Å². The Balaban J connectivity index is 1.98. The fraction of sp³-hybridized carbons (Fsp3) is 0.143. The Morgan fingerprint density at radius 3 is 2.43 bits per heavy atom. The molecule has 0 saturated carbocycles. The Labute approximate surface area is 135 Å². The van der Waals surface area contributed by atoms with Crippen molar-refractivity contribution in [2.45, 2.75) is 6.54 Å². The van der Waals surface area contributed by atoms with E-state index in [1.165, 1.54) is 13.2 Å². The number of hydrogen-bond donors (Lipinski definition) is 1. The SMILES string of the molecule is COC(=O)c1ccc(CNC(=O)c2cc(Cl)sc2Cl)cc1. The largest absolute Gasteiger partial charge is 0.465 e. The molecule has 0 aliphatic rings. The number of esters is 1. The van der Waals surface area contributed by atoms with Crippen LogP contribution in [0.5, 0.6) is 0 Å². The number of benzene rings is 1. The summed E-state index contributed by atoms with van der Waals surface area (Å²) in [5.41, 5.74) is 1.67. The van der Waals surface area contributed by atoms with Gasteiger partial charge in [-0.05, 0) is 23.8 Å². The molecule has 4 nitrogen and oxygen atoms in total. The van der Waals surface area contributed by atoms with Crippen molar-refractivity contribution in [3.05, 3.63) is 55.7 Å². The van der Waals surface area contributed by atoms with Gasteiger partial charge in [0, 0.05) is 6.54 Å². The maximum absolute atomic E-state index is 12.0. The molecule has 0 atom stereocenters. The molecular weight excluding hydrogens is 333 g/mol. The molecule has 1 aromatic carbocycles. The molecule has 0 unspecified atom stereocenters. The number of halogens is 2. The van der Waals surface area contributed by atoms with Crippen LogP contribution < -0.4 is 5.32 Å². The summed E-state index contributed by atoms with van der Waals surface area (Å²) >= 11 is 12.9. The van der Waals surface area contributed by atoms with Gasteiger partial charge >= 0.3 is 5.97 Å². The molecule has 2 rings (SSSR count). The maximum atomic E-state index is 12.0. The Morgan fingerprint density at radius 2 is 1.90 bits per heavy atom. The second-order valence-electron chi connectivity index (χ2n) is 4.11. The van der Waals surface area contributed by atoms with Gasteiger partial charge in [-0.1, -0.05) is 35.3 Å². The minimum atomic E-state index is -0.398. The summed E-state index contributed by atoms with van der Waals surface area (Å²) in [5, 5.41) is 2.74. The smallest absolute Gasteiger partial charge is 0.337 e. The molecule has 1 heterocycles. The van der Waals surface area contributed by atoms with E-state index in [0.717, 1.165) is 16.9 Å². The zero-order chi connectivity index (χ0) is 15.4. The summed E-state index contributed by atoms with van der Waals surface area (Å²) < 4.78 is 5.44. The van der Waals surface area contributed by atoms with E-state index in [2.05, 4.69) is 10.1 Å². The number of nitrogens with one attached hydrogen (secondary N) is 1. The summed E-state index contributed by atoms with van der Waals surface area (Å²) in [6.07, 6.45) is 0. The number of ether oxygens (including phenoxy) is 1. The molecule has 2 aromatic rings. The van der Waals surface area contributed by atoms with Crippen LogP contribution in [0.15, 0.2) is 30.3 Å². The summed E-state index contributed by atoms with van der Waals surface area (Å²) in [7, 11) is 1.33. The summed E-state index contributed by atoms with van der Waals surface area (Å²) in [6.45, 7) is 0.323. The third-order valence-corrected chi connectivity index (χ3v) is 4.22. The number of hydrogen-bond acceptors (Lipinski definition) is 4. The van der Waals surface area contributed by atoms with Crippen molar-refractivity contribution in [1.82, 2.24) is 5.32 Å². The molecule has 0 spiro atoms. The van der Waals surface area contributed by atoms with Crippen molar-refractivity contribution in [3.63, 3.8) is 0 Å². The molecular formula is C14H11Cl2NO3S. The van der Waals surface area contributed by atoms with E-state index in [0.29, 0.717) is 26.3 Å². The van der Waals surface area contributed by atoms with Crippen molar-refractivity contribution < 1.29 is 14.3 Å². The molecule has 0 aliphatic carbocycles. The third kappa shape index (κ3) is 3.97. The molecule has 21 heavy (non-hydrogen) atoms. The zero-order valence-electron chi connectivity index (χ0n) is 11.0. The third-order valence-electron chi connectivity index (χ3n) is 2.73. The lowest BCUT2D eigenvalue weighted by atomic mass is 10.1. The highest BCUT2D eigenvalue weighted by Crippen LogP contribution is 2.30. The second-order valence-corrected chi connectivity index (χ2v) is 6.39. The number of thiophene rings is 1. The van der Waals surface area contributed by atoms with Crippen LogP contribution in [-0.2, 0) is 11.3 Å². The van der Waals surface area contributed by atoms with E-state index in [4.69, 9.17) is 23.2 Å². The molecule has 7 heteroatoms. The van der Waals surface area contributed by atoms with Crippen LogP contribution in [0.3, 0.4) is 0 Å². The second kappa shape index (κ2) is 6.93. The number of carbonyl (C=O) groups excluding carboxylic acids is 2. The van der Waals surface area contributed by atoms with Gasteiger partial charge in [0.05, 0.1) is 22.6 Å². The standard InChI is InChI=1S/C14H11Cl2NO3S/c1-20-14(19)9-4-2-8(3-5-9)7-17-13(18)10-6-11(15)21-12(10)16/h2-6H,7H2,1H3,(H,17,18). The molecule has 0 bridgehead atoms. The van der Waals surface area contributed by atoms with Crippen LogP contribution >= 0.6 is 34.5 Å². The molecule has 0 radical (unpaired) electrons. The lowest BCUT2D eigenvalue weighted by Gasteiger charge is -2.05. The first-order valence-electron chi connectivity index (χ1n) is 5.91. The molecule has 110 valence electrons. The van der Waals surface area contributed by atoms with Crippen LogP contribution in [0.2, 0.25) is 8.67 Å². The van der Waals surface area contributed by atoms with Crippen LogP contribution in [-0.4, -0.2) is 19.0 Å². The van der Waals surface area contributed by atoms with Gasteiger partial charge in [-0.15, -0.1) is 11.3 Å². The predicted octanol–water partition coefficient (Wildman–Crippen LogP) is 3.77. The van der Waals surface area contributed by atoms with E-state index in [1.807, 2.05) is 0 Å². The van der Waals surface area contributed by atoms with Gasteiger partial charge in [0.15, 0.2) is 0 Å². The van der Waals surface area contributed by atoms with Crippen LogP contribution in [0.1, 0.15) is 26.3 Å². The number of rotatable bonds is 4. The molecule has 1 N–H and O–H groups in total. The van der Waals surface area contributed by atoms with Crippen molar-refractivity contribution in [2.75, 3.05) is 7.11 Å². The fourth-order valence-electron chi connectivity index (χ4n) is 1.65. The summed E-state index contributed by atoms with van der Waals surface area (Å²) in [4.78, 5) is 23.2. The monoisotopic (exact) mass is 343 g/mol. The van der Waals surface area contributed by atoms with Gasteiger partial charge < -0.3 is 10.1 Å². The molecule has 0 aliphatic heterocycles. The first-order valence-corrected chi connectivity index (χ1v) is 7.49. The maximum Gasteiger partial charge on any atom is 0.337 e. The predicted molar refractivity (Wildman–Crippen MR) is 83.3 cm³/mol. The van der Waals surface area contributed by atoms with Crippen molar-refractivity contribution >= 4 is 46.4 Å². The highest BCUT2D eigenvalue weighted by Gasteiger charge is 2.13. The Morgan fingerprint density at radius 1 is 1.24 bits per heavy atom. The van der Waals surface area contributed by atoms with Crippen LogP contribution in [0.25, 0.3) is 0 Å². The zero-order valence-corrected chi connectivity index (χ0v) is 13.3. The van der Waals surface area contributed by atoms with Gasteiger partial charge in [0.25, 0.3) is 5.91 Å². The van der Waals surface area contributed by atoms with Crippen molar-refractivity contribution in [1.29, 1.82) is 0 Å². The quantitative estimate of drug-likeness (QED) is 0.859. The lowest BCUT2D eigenvalue weighted by molar-refractivity contribution is 0.0600. The van der Waals surface area contributed by atoms with Gasteiger partial charge in [-0.25, -0.2) is 4.79 Å². The Hall–Kier alpha value is -1.56. The van der Waals surface area contributed by atoms with Crippen molar-refractivity contribution in [3.8, 4) is 0 Å². The number of amides is 1. The van der Waals surface area contributed by atoms with E-state index in [1.54, 1.807) is 24.3 Å². The summed E-state index contributed by atoms with van der Waals surface area (Å²) in [6, 6.07) is 8.30. The van der Waals surface area contributed by atoms with E-state index < -0.39 is 5.97 Å². The van der Waals surface area contributed by atoms with Gasteiger partial charge in [-0.3, -0.25) is 4.79 Å². The summed E-state index contributed by atoms with van der Waals surface area (Å²) in [5.74, 6) is -0.689. The van der Waals surface area contributed by atoms with Gasteiger partial charge in [0.1, 0.15) is 4.34 Å². The number of carbonyl (C=O) groups is 2. The van der Waals surface area contributed by atoms with Crippen LogP contribution in [0.4, 0.5) is 0 Å². The molecule has 0 fully saturated rings. The Bertz CT molecular complexity index is 667. The fourth-order valence-corrected chi connectivity index (χ4v) is 3.11. The highest BCUT2D eigenvalue weighted by atomic mass is 35.5. The van der Waals surface area contributed by atoms with E-state index in [9.17, 15) is 9.59 Å². The molecule has 0 saturated heterocycles. The average molecular weight is 344 g/mol. The highest BCUT2D eigenvalue weighted by molar-refractivity contribution is 7.20. The topological polar surface area (TPSA) is 55.4 Å². The number of methoxy groups -OCH3 is 1. The van der Waals surface area contributed by atoms with E-state index >= 15 is 0 Å². The lowest BCUT2D eigenvalue weighted by Crippen LogP contribution is -2.22. The minimum Gasteiger partial charge on any atom is -0.465 e. The minimum absolute atomic E-state index is 0.291. The van der Waals surface area contributed by atoms with Gasteiger partial charge in [0.2, 0.25) is 0 Å². The van der Waals surface area contributed by atoms with E-state index in [-0.39, 0.29) is 5.91 Å². The van der Waals surface area contributed by atoms with Crippen LogP contribution in [0, 0.1) is 0 Å². The van der Waals surface area contributed by atoms with Gasteiger partial charge in [-0.2, -0.15) is 0 Å².